The molecule has 0 aromatic carbocycles. The van der Waals surface area contributed by atoms with E-state index < -0.39 is 0 Å². The lowest BCUT2D eigenvalue weighted by molar-refractivity contribution is -0.156. The van der Waals surface area contributed by atoms with Crippen LogP contribution < -0.4 is 0 Å². The van der Waals surface area contributed by atoms with Crippen LogP contribution in [0.2, 0.25) is 0 Å². The second-order valence-electron chi connectivity index (χ2n) is 2.28. The molecule has 0 rings (SSSR count). The SMILES string of the molecule is CCCCN([O])CCC. The van der Waals surface area contributed by atoms with E-state index in [0.29, 0.717) is 13.1 Å². The number of hydrogen-bond acceptors (Lipinski definition) is 1. The summed E-state index contributed by atoms with van der Waals surface area (Å²) in [4.78, 5) is 0. The van der Waals surface area contributed by atoms with Crippen LogP contribution in [0.4, 0.5) is 0 Å². The van der Waals surface area contributed by atoms with Crippen molar-refractivity contribution in [1.29, 1.82) is 0 Å². The number of unbranched alkanes of at least 4 members (excludes halogenated alkanes) is 1. The molecule has 0 aliphatic heterocycles. The van der Waals surface area contributed by atoms with Crippen molar-refractivity contribution in [3.8, 4) is 0 Å². The third-order valence-corrected chi connectivity index (χ3v) is 1.23. The Morgan fingerprint density at radius 2 is 1.78 bits per heavy atom. The molecule has 0 aromatic rings. The summed E-state index contributed by atoms with van der Waals surface area (Å²) in [6, 6.07) is 0. The fourth-order valence-electron chi connectivity index (χ4n) is 0.696. The highest BCUT2D eigenvalue weighted by molar-refractivity contribution is 4.41. The first-order valence-electron chi connectivity index (χ1n) is 3.73. The topological polar surface area (TPSA) is 23.1 Å². The summed E-state index contributed by atoms with van der Waals surface area (Å²) in [6.07, 6.45) is 3.11. The van der Waals surface area contributed by atoms with Gasteiger partial charge in [-0.25, -0.2) is 0 Å². The predicted octanol–water partition coefficient (Wildman–Crippen LogP) is 1.84. The van der Waals surface area contributed by atoms with Gasteiger partial charge in [0.25, 0.3) is 0 Å². The molecule has 0 aliphatic rings. The molecule has 0 saturated heterocycles. The van der Waals surface area contributed by atoms with Crippen molar-refractivity contribution < 1.29 is 5.21 Å². The Hall–Kier alpha value is -0.0800. The summed E-state index contributed by atoms with van der Waals surface area (Å²) < 4.78 is 0. The summed E-state index contributed by atoms with van der Waals surface area (Å²) in [6.45, 7) is 5.53. The Labute approximate surface area is 57.4 Å². The largest absolute Gasteiger partial charge is 0.155 e. The first-order chi connectivity index (χ1) is 4.31. The normalized spacial score (nSPS) is 10.7. The van der Waals surface area contributed by atoms with Crippen LogP contribution in [-0.4, -0.2) is 18.2 Å². The molecule has 1 radical (unpaired) electrons. The van der Waals surface area contributed by atoms with Crippen LogP contribution in [0.25, 0.3) is 0 Å². The summed E-state index contributed by atoms with van der Waals surface area (Å²) in [7, 11) is 0. The first-order valence-corrected chi connectivity index (χ1v) is 3.73. The van der Waals surface area contributed by atoms with Gasteiger partial charge in [0.1, 0.15) is 0 Å². The molecule has 0 N–H and O–H groups in total. The highest BCUT2D eigenvalue weighted by Gasteiger charge is 1.96. The minimum Gasteiger partial charge on any atom is -0.155 e. The van der Waals surface area contributed by atoms with Crippen molar-refractivity contribution in [2.24, 2.45) is 0 Å². The molecule has 2 heteroatoms. The van der Waals surface area contributed by atoms with Gasteiger partial charge in [-0.1, -0.05) is 20.3 Å². The Morgan fingerprint density at radius 1 is 1.11 bits per heavy atom. The van der Waals surface area contributed by atoms with E-state index >= 15 is 0 Å². The monoisotopic (exact) mass is 130 g/mol. The standard InChI is InChI=1S/C7H16NO/c1-3-5-7-8(9)6-4-2/h3-7H2,1-2H3. The van der Waals surface area contributed by atoms with Crippen LogP contribution in [0.3, 0.4) is 0 Å². The van der Waals surface area contributed by atoms with E-state index in [1.807, 2.05) is 6.92 Å². The van der Waals surface area contributed by atoms with E-state index in [2.05, 4.69) is 6.92 Å². The minimum absolute atomic E-state index is 0.694. The molecule has 0 saturated carbocycles. The van der Waals surface area contributed by atoms with Crippen molar-refractivity contribution in [2.45, 2.75) is 33.1 Å². The van der Waals surface area contributed by atoms with E-state index in [9.17, 15) is 5.21 Å². The molecule has 0 aromatic heterocycles. The maximum absolute atomic E-state index is 10.7. The molecule has 0 bridgehead atoms. The van der Waals surface area contributed by atoms with Crippen LogP contribution in [0.1, 0.15) is 33.1 Å². The summed E-state index contributed by atoms with van der Waals surface area (Å²) >= 11 is 0. The van der Waals surface area contributed by atoms with E-state index in [-0.39, 0.29) is 0 Å². The Bertz CT molecular complexity index is 56.9. The van der Waals surface area contributed by atoms with Gasteiger partial charge in [0.05, 0.1) is 0 Å². The smallest absolute Gasteiger partial charge is 0.0271 e. The van der Waals surface area contributed by atoms with Crippen LogP contribution >= 0.6 is 0 Å². The molecule has 2 nitrogen and oxygen atoms in total. The summed E-state index contributed by atoms with van der Waals surface area (Å²) in [5.74, 6) is 0. The van der Waals surface area contributed by atoms with Crippen LogP contribution in [0.15, 0.2) is 0 Å². The maximum Gasteiger partial charge on any atom is 0.0271 e. The Morgan fingerprint density at radius 3 is 2.22 bits per heavy atom. The van der Waals surface area contributed by atoms with Gasteiger partial charge in [0, 0.05) is 13.1 Å². The zero-order valence-corrected chi connectivity index (χ0v) is 6.39. The molecule has 0 aliphatic carbocycles. The number of rotatable bonds is 5. The van der Waals surface area contributed by atoms with Crippen LogP contribution in [-0.2, 0) is 5.21 Å². The second-order valence-corrected chi connectivity index (χ2v) is 2.28. The van der Waals surface area contributed by atoms with E-state index in [1.54, 1.807) is 0 Å². The fraction of sp³-hybridized carbons (Fsp3) is 1.00. The van der Waals surface area contributed by atoms with Crippen molar-refractivity contribution in [1.82, 2.24) is 5.06 Å². The van der Waals surface area contributed by atoms with Crippen LogP contribution in [0, 0.1) is 0 Å². The molecule has 55 valence electrons. The van der Waals surface area contributed by atoms with Crippen molar-refractivity contribution >= 4 is 0 Å². The van der Waals surface area contributed by atoms with Crippen molar-refractivity contribution in [2.75, 3.05) is 13.1 Å². The molecule has 0 fully saturated rings. The molecule has 0 spiro atoms. The second kappa shape index (κ2) is 6.05. The molecule has 0 heterocycles. The highest BCUT2D eigenvalue weighted by Crippen LogP contribution is 1.92. The van der Waals surface area contributed by atoms with E-state index in [0.717, 1.165) is 24.3 Å². The molecule has 0 atom stereocenters. The number of hydroxylamine groups is 2. The molecular formula is C7H16NO. The van der Waals surface area contributed by atoms with Gasteiger partial charge < -0.3 is 0 Å². The molecule has 0 amide bonds. The minimum atomic E-state index is 0.694. The zero-order chi connectivity index (χ0) is 7.11. The lowest BCUT2D eigenvalue weighted by atomic mass is 10.3. The third-order valence-electron chi connectivity index (χ3n) is 1.23. The molecular weight excluding hydrogens is 114 g/mol. The number of nitrogens with zero attached hydrogens (tertiary/aromatic N) is 1. The predicted molar refractivity (Wildman–Crippen MR) is 37.5 cm³/mol. The summed E-state index contributed by atoms with van der Waals surface area (Å²) in [5.41, 5.74) is 0. The fourth-order valence-corrected chi connectivity index (χ4v) is 0.696. The van der Waals surface area contributed by atoms with Gasteiger partial charge in [0.2, 0.25) is 0 Å². The van der Waals surface area contributed by atoms with Gasteiger partial charge in [-0.2, -0.15) is 5.06 Å². The highest BCUT2D eigenvalue weighted by atomic mass is 16.5. The first kappa shape index (κ1) is 8.92. The average molecular weight is 130 g/mol. The number of hydrogen-bond donors (Lipinski definition) is 0. The van der Waals surface area contributed by atoms with Gasteiger partial charge >= 0.3 is 0 Å². The van der Waals surface area contributed by atoms with Gasteiger partial charge in [-0.15, -0.1) is 5.21 Å². The van der Waals surface area contributed by atoms with Gasteiger partial charge in [-0.05, 0) is 12.8 Å². The van der Waals surface area contributed by atoms with E-state index in [1.165, 1.54) is 0 Å². The third kappa shape index (κ3) is 5.80. The van der Waals surface area contributed by atoms with Crippen LogP contribution in [0.5, 0.6) is 0 Å². The lowest BCUT2D eigenvalue weighted by Gasteiger charge is -2.08. The van der Waals surface area contributed by atoms with E-state index in [4.69, 9.17) is 0 Å². The van der Waals surface area contributed by atoms with Crippen molar-refractivity contribution in [3.05, 3.63) is 0 Å². The Balaban J connectivity index is 2.95. The van der Waals surface area contributed by atoms with Gasteiger partial charge in [-0.3, -0.25) is 0 Å². The van der Waals surface area contributed by atoms with Crippen molar-refractivity contribution in [3.63, 3.8) is 0 Å². The average Bonchev–Trinajstić information content (AvgIpc) is 1.85. The quantitative estimate of drug-likeness (QED) is 0.521. The molecule has 0 unspecified atom stereocenters. The summed E-state index contributed by atoms with van der Waals surface area (Å²) in [5, 5.41) is 11.9. The zero-order valence-electron chi connectivity index (χ0n) is 6.39. The Kier molecular flexibility index (Phi) is 5.99. The lowest BCUT2D eigenvalue weighted by Crippen LogP contribution is -2.19. The van der Waals surface area contributed by atoms with Gasteiger partial charge in [0.15, 0.2) is 0 Å². The molecule has 9 heavy (non-hydrogen) atoms. The maximum atomic E-state index is 10.7.